The van der Waals surface area contributed by atoms with E-state index in [1.165, 1.54) is 7.11 Å². The van der Waals surface area contributed by atoms with Crippen LogP contribution >= 0.6 is 0 Å². The van der Waals surface area contributed by atoms with Crippen LogP contribution in [0.5, 0.6) is 0 Å². The number of nitrogens with zero attached hydrogens (tertiary/aromatic N) is 1. The van der Waals surface area contributed by atoms with Crippen LogP contribution in [0.2, 0.25) is 0 Å². The lowest BCUT2D eigenvalue weighted by molar-refractivity contribution is -0.148. The molecule has 0 aromatic heterocycles. The highest BCUT2D eigenvalue weighted by atomic mass is 16.5. The van der Waals surface area contributed by atoms with E-state index in [4.69, 9.17) is 4.74 Å². The third-order valence-corrected chi connectivity index (χ3v) is 2.42. The number of carbonyl (C=O) groups excluding carboxylic acids is 1. The molecule has 1 heterocycles. The van der Waals surface area contributed by atoms with Crippen molar-refractivity contribution in [2.75, 3.05) is 26.7 Å². The molecule has 0 bridgehead atoms. The van der Waals surface area contributed by atoms with Crippen LogP contribution in [0.15, 0.2) is 0 Å². The summed E-state index contributed by atoms with van der Waals surface area (Å²) in [4.78, 5) is 13.5. The van der Waals surface area contributed by atoms with E-state index in [2.05, 4.69) is 24.1 Å². The molecule has 1 N–H and O–H groups in total. The molecular weight excluding hydrogens is 168 g/mol. The SMILES string of the molecule is COC(=O)C1CNCCN1C(C)C. The van der Waals surface area contributed by atoms with Crippen molar-refractivity contribution < 1.29 is 9.53 Å². The van der Waals surface area contributed by atoms with Gasteiger partial charge in [0, 0.05) is 25.7 Å². The molecule has 1 aliphatic rings. The van der Waals surface area contributed by atoms with Crippen molar-refractivity contribution in [3.8, 4) is 0 Å². The number of esters is 1. The highest BCUT2D eigenvalue weighted by Gasteiger charge is 2.30. The summed E-state index contributed by atoms with van der Waals surface area (Å²) in [6.45, 7) is 6.76. The minimum Gasteiger partial charge on any atom is -0.468 e. The predicted molar refractivity (Wildman–Crippen MR) is 50.5 cm³/mol. The first-order chi connectivity index (χ1) is 6.16. The zero-order valence-corrected chi connectivity index (χ0v) is 8.54. The topological polar surface area (TPSA) is 41.6 Å². The quantitative estimate of drug-likeness (QED) is 0.609. The van der Waals surface area contributed by atoms with E-state index in [-0.39, 0.29) is 12.0 Å². The molecule has 4 heteroatoms. The molecule has 1 fully saturated rings. The van der Waals surface area contributed by atoms with Crippen molar-refractivity contribution in [1.82, 2.24) is 10.2 Å². The van der Waals surface area contributed by atoms with Crippen molar-refractivity contribution in [2.45, 2.75) is 25.9 Å². The Morgan fingerprint density at radius 1 is 1.62 bits per heavy atom. The van der Waals surface area contributed by atoms with Gasteiger partial charge < -0.3 is 10.1 Å². The number of hydrogen-bond donors (Lipinski definition) is 1. The van der Waals surface area contributed by atoms with Gasteiger partial charge in [0.05, 0.1) is 7.11 Å². The Morgan fingerprint density at radius 2 is 2.31 bits per heavy atom. The van der Waals surface area contributed by atoms with Crippen LogP contribution in [0, 0.1) is 0 Å². The van der Waals surface area contributed by atoms with Gasteiger partial charge in [-0.3, -0.25) is 9.69 Å². The van der Waals surface area contributed by atoms with Gasteiger partial charge >= 0.3 is 5.97 Å². The fourth-order valence-corrected chi connectivity index (χ4v) is 1.69. The van der Waals surface area contributed by atoms with Crippen LogP contribution in [0.1, 0.15) is 13.8 Å². The normalized spacial score (nSPS) is 24.8. The zero-order chi connectivity index (χ0) is 9.84. The van der Waals surface area contributed by atoms with Crippen molar-refractivity contribution in [1.29, 1.82) is 0 Å². The molecule has 1 saturated heterocycles. The molecular formula is C9H18N2O2. The summed E-state index contributed by atoms with van der Waals surface area (Å²) in [6, 6.07) is 0.282. The van der Waals surface area contributed by atoms with Crippen molar-refractivity contribution in [3.05, 3.63) is 0 Å². The summed E-state index contributed by atoms with van der Waals surface area (Å²) in [5.41, 5.74) is 0. The lowest BCUT2D eigenvalue weighted by Gasteiger charge is -2.36. The van der Waals surface area contributed by atoms with Crippen LogP contribution in [0.25, 0.3) is 0 Å². The maximum absolute atomic E-state index is 11.4. The molecule has 0 aliphatic carbocycles. The van der Waals surface area contributed by atoms with Gasteiger partial charge in [0.25, 0.3) is 0 Å². The second kappa shape index (κ2) is 4.58. The second-order valence-electron chi connectivity index (χ2n) is 3.57. The number of rotatable bonds is 2. The number of piperazine rings is 1. The van der Waals surface area contributed by atoms with Crippen molar-refractivity contribution in [2.24, 2.45) is 0 Å². The molecule has 0 aromatic carbocycles. The summed E-state index contributed by atoms with van der Waals surface area (Å²) in [5.74, 6) is -0.138. The van der Waals surface area contributed by atoms with Crippen molar-refractivity contribution in [3.63, 3.8) is 0 Å². The molecule has 0 saturated carbocycles. The second-order valence-corrected chi connectivity index (χ2v) is 3.57. The maximum atomic E-state index is 11.4. The molecule has 0 amide bonds. The van der Waals surface area contributed by atoms with E-state index < -0.39 is 0 Å². The molecule has 76 valence electrons. The Morgan fingerprint density at radius 3 is 2.85 bits per heavy atom. The molecule has 0 radical (unpaired) electrons. The van der Waals surface area contributed by atoms with Crippen LogP contribution < -0.4 is 5.32 Å². The van der Waals surface area contributed by atoms with Gasteiger partial charge in [-0.15, -0.1) is 0 Å². The highest BCUT2D eigenvalue weighted by Crippen LogP contribution is 2.09. The Balaban J connectivity index is 2.61. The number of nitrogens with one attached hydrogen (secondary N) is 1. The molecule has 1 atom stereocenters. The van der Waals surface area contributed by atoms with E-state index in [9.17, 15) is 4.79 Å². The van der Waals surface area contributed by atoms with Gasteiger partial charge in [-0.1, -0.05) is 0 Å². The lowest BCUT2D eigenvalue weighted by Crippen LogP contribution is -2.57. The van der Waals surface area contributed by atoms with E-state index >= 15 is 0 Å². The van der Waals surface area contributed by atoms with Crippen LogP contribution in [0.3, 0.4) is 0 Å². The van der Waals surface area contributed by atoms with E-state index in [0.717, 1.165) is 13.1 Å². The van der Waals surface area contributed by atoms with Gasteiger partial charge in [-0.2, -0.15) is 0 Å². The first-order valence-corrected chi connectivity index (χ1v) is 4.71. The first kappa shape index (κ1) is 10.5. The van der Waals surface area contributed by atoms with Gasteiger partial charge in [-0.25, -0.2) is 0 Å². The number of hydrogen-bond acceptors (Lipinski definition) is 4. The molecule has 4 nitrogen and oxygen atoms in total. The third-order valence-electron chi connectivity index (χ3n) is 2.42. The van der Waals surface area contributed by atoms with Crippen LogP contribution in [-0.2, 0) is 9.53 Å². The Kier molecular flexibility index (Phi) is 3.69. The van der Waals surface area contributed by atoms with Crippen LogP contribution in [-0.4, -0.2) is 49.7 Å². The van der Waals surface area contributed by atoms with E-state index in [1.54, 1.807) is 0 Å². The lowest BCUT2D eigenvalue weighted by atomic mass is 10.1. The third kappa shape index (κ3) is 2.42. The number of methoxy groups -OCH3 is 1. The molecule has 0 aromatic rings. The summed E-state index contributed by atoms with van der Waals surface area (Å²) < 4.78 is 4.75. The van der Waals surface area contributed by atoms with Crippen molar-refractivity contribution >= 4 is 5.97 Å². The van der Waals surface area contributed by atoms with Gasteiger partial charge in [-0.05, 0) is 13.8 Å². The Bertz CT molecular complexity index is 182. The minimum atomic E-state index is -0.138. The summed E-state index contributed by atoms with van der Waals surface area (Å²) >= 11 is 0. The molecule has 0 spiro atoms. The fourth-order valence-electron chi connectivity index (χ4n) is 1.69. The fraction of sp³-hybridized carbons (Fsp3) is 0.889. The molecule has 1 aliphatic heterocycles. The summed E-state index contributed by atoms with van der Waals surface area (Å²) in [6.07, 6.45) is 0. The van der Waals surface area contributed by atoms with Gasteiger partial charge in [0.2, 0.25) is 0 Å². The summed E-state index contributed by atoms with van der Waals surface area (Å²) in [7, 11) is 1.44. The van der Waals surface area contributed by atoms with Gasteiger partial charge in [0.15, 0.2) is 0 Å². The molecule has 1 unspecified atom stereocenters. The molecule has 1 rings (SSSR count). The van der Waals surface area contributed by atoms with E-state index in [0.29, 0.717) is 12.6 Å². The maximum Gasteiger partial charge on any atom is 0.324 e. The largest absolute Gasteiger partial charge is 0.468 e. The van der Waals surface area contributed by atoms with Gasteiger partial charge in [0.1, 0.15) is 6.04 Å². The van der Waals surface area contributed by atoms with E-state index in [1.807, 2.05) is 0 Å². The Hall–Kier alpha value is -0.610. The smallest absolute Gasteiger partial charge is 0.324 e. The van der Waals surface area contributed by atoms with Crippen LogP contribution in [0.4, 0.5) is 0 Å². The number of carbonyl (C=O) groups is 1. The number of ether oxygens (including phenoxy) is 1. The monoisotopic (exact) mass is 186 g/mol. The Labute approximate surface area is 79.2 Å². The predicted octanol–water partition coefficient (Wildman–Crippen LogP) is -0.158. The molecule has 13 heavy (non-hydrogen) atoms. The zero-order valence-electron chi connectivity index (χ0n) is 8.54. The summed E-state index contributed by atoms with van der Waals surface area (Å²) in [5, 5.41) is 3.19. The highest BCUT2D eigenvalue weighted by molar-refractivity contribution is 5.76. The standard InChI is InChI=1S/C9H18N2O2/c1-7(2)11-5-4-10-6-8(11)9(12)13-3/h7-8,10H,4-6H2,1-3H3. The average Bonchev–Trinajstić information content (AvgIpc) is 2.16. The first-order valence-electron chi connectivity index (χ1n) is 4.71. The average molecular weight is 186 g/mol. The minimum absolute atomic E-state index is 0.112.